The number of nitrogens with two attached hydrogens (primary N) is 1. The topological polar surface area (TPSA) is 63.4 Å². The van der Waals surface area contributed by atoms with Crippen LogP contribution < -0.4 is 15.9 Å². The van der Waals surface area contributed by atoms with Crippen LogP contribution in [0, 0.1) is 0 Å². The van der Waals surface area contributed by atoms with Crippen LogP contribution in [-0.4, -0.2) is 22.1 Å². The summed E-state index contributed by atoms with van der Waals surface area (Å²) < 4.78 is 5.70. The third-order valence-electron chi connectivity index (χ3n) is 3.82. The second-order valence-corrected chi connectivity index (χ2v) is 5.76. The van der Waals surface area contributed by atoms with Crippen molar-refractivity contribution in [1.82, 2.24) is 15.4 Å². The third kappa shape index (κ3) is 2.58. The average molecular weight is 274 g/mol. The van der Waals surface area contributed by atoms with Crippen molar-refractivity contribution in [3.63, 3.8) is 0 Å². The van der Waals surface area contributed by atoms with Gasteiger partial charge in [-0.05, 0) is 50.8 Å². The second-order valence-electron chi connectivity index (χ2n) is 5.76. The number of hydrogen-bond acceptors (Lipinski definition) is 5. The monoisotopic (exact) mass is 274 g/mol. The van der Waals surface area contributed by atoms with Gasteiger partial charge in [-0.15, -0.1) is 0 Å². The molecule has 20 heavy (non-hydrogen) atoms. The maximum absolute atomic E-state index is 5.86. The zero-order valence-corrected chi connectivity index (χ0v) is 12.0. The number of rotatable bonds is 4. The van der Waals surface area contributed by atoms with E-state index >= 15 is 0 Å². The highest BCUT2D eigenvalue weighted by Gasteiger charge is 2.28. The number of aromatic nitrogens is 1. The molecule has 108 valence electrons. The molecule has 1 fully saturated rings. The number of hydrazine groups is 1. The molecule has 0 amide bonds. The summed E-state index contributed by atoms with van der Waals surface area (Å²) in [6.07, 6.45) is 10.1. The predicted molar refractivity (Wildman–Crippen MR) is 78.9 cm³/mol. The van der Waals surface area contributed by atoms with E-state index in [2.05, 4.69) is 27.7 Å². The van der Waals surface area contributed by atoms with Gasteiger partial charge in [-0.1, -0.05) is 0 Å². The molecule has 2 heterocycles. The number of nitrogen functional groups attached to an aromatic ring is 1. The van der Waals surface area contributed by atoms with Crippen LogP contribution in [0.4, 0.5) is 5.82 Å². The van der Waals surface area contributed by atoms with Crippen LogP contribution in [0.15, 0.2) is 24.5 Å². The van der Waals surface area contributed by atoms with Gasteiger partial charge in [0.1, 0.15) is 0 Å². The third-order valence-corrected chi connectivity index (χ3v) is 3.82. The Morgan fingerprint density at radius 1 is 1.45 bits per heavy atom. The normalized spacial score (nSPS) is 22.4. The molecule has 1 aliphatic carbocycles. The SMILES string of the molecule is CC(C)Oc1cc(C2C=CN(C3CCC3)N2)cnc1N. The number of nitrogens with one attached hydrogen (secondary N) is 1. The zero-order chi connectivity index (χ0) is 14.1. The van der Waals surface area contributed by atoms with Crippen LogP contribution in [0.3, 0.4) is 0 Å². The van der Waals surface area contributed by atoms with Crippen LogP contribution in [0.5, 0.6) is 5.75 Å². The van der Waals surface area contributed by atoms with Crippen molar-refractivity contribution in [2.45, 2.75) is 51.3 Å². The number of anilines is 1. The molecule has 1 aromatic rings. The van der Waals surface area contributed by atoms with Gasteiger partial charge in [0, 0.05) is 18.4 Å². The van der Waals surface area contributed by atoms with Gasteiger partial charge >= 0.3 is 0 Å². The smallest absolute Gasteiger partial charge is 0.166 e. The Hall–Kier alpha value is -1.75. The molecule has 2 aliphatic rings. The predicted octanol–water partition coefficient (Wildman–Crippen LogP) is 2.38. The number of pyridine rings is 1. The maximum atomic E-state index is 5.86. The largest absolute Gasteiger partial charge is 0.487 e. The molecule has 3 N–H and O–H groups in total. The molecule has 1 unspecified atom stereocenters. The van der Waals surface area contributed by atoms with Gasteiger partial charge in [0.05, 0.1) is 12.1 Å². The van der Waals surface area contributed by atoms with Crippen molar-refractivity contribution in [3.8, 4) is 5.75 Å². The van der Waals surface area contributed by atoms with E-state index in [1.165, 1.54) is 19.3 Å². The summed E-state index contributed by atoms with van der Waals surface area (Å²) in [5.74, 6) is 1.11. The average Bonchev–Trinajstić information content (AvgIpc) is 2.78. The minimum atomic E-state index is 0.0907. The van der Waals surface area contributed by atoms with Gasteiger partial charge in [-0.25, -0.2) is 10.4 Å². The van der Waals surface area contributed by atoms with E-state index in [0.29, 0.717) is 17.6 Å². The van der Waals surface area contributed by atoms with Crippen molar-refractivity contribution in [2.75, 3.05) is 5.73 Å². The maximum Gasteiger partial charge on any atom is 0.166 e. The minimum absolute atomic E-state index is 0.0907. The summed E-state index contributed by atoms with van der Waals surface area (Å²) in [4.78, 5) is 4.24. The van der Waals surface area contributed by atoms with Crippen LogP contribution in [0.25, 0.3) is 0 Å². The Balaban J connectivity index is 1.72. The van der Waals surface area contributed by atoms with E-state index in [4.69, 9.17) is 10.5 Å². The molecular formula is C15H22N4O. The molecule has 0 aromatic carbocycles. The number of ether oxygens (including phenoxy) is 1. The highest BCUT2D eigenvalue weighted by Crippen LogP contribution is 2.31. The summed E-state index contributed by atoms with van der Waals surface area (Å²) >= 11 is 0. The van der Waals surface area contributed by atoms with E-state index in [1.54, 1.807) is 0 Å². The molecular weight excluding hydrogens is 252 g/mol. The van der Waals surface area contributed by atoms with Gasteiger partial charge < -0.3 is 15.5 Å². The van der Waals surface area contributed by atoms with Gasteiger partial charge in [-0.2, -0.15) is 0 Å². The minimum Gasteiger partial charge on any atom is -0.487 e. The lowest BCUT2D eigenvalue weighted by Crippen LogP contribution is -2.43. The molecule has 1 saturated carbocycles. The fourth-order valence-corrected chi connectivity index (χ4v) is 2.49. The Kier molecular flexibility index (Phi) is 3.53. The van der Waals surface area contributed by atoms with E-state index < -0.39 is 0 Å². The second kappa shape index (κ2) is 5.32. The molecule has 1 aromatic heterocycles. The molecule has 0 spiro atoms. The molecule has 0 radical (unpaired) electrons. The lowest BCUT2D eigenvalue weighted by molar-refractivity contribution is 0.131. The highest BCUT2D eigenvalue weighted by atomic mass is 16.5. The van der Waals surface area contributed by atoms with Crippen molar-refractivity contribution in [1.29, 1.82) is 0 Å². The highest BCUT2D eigenvalue weighted by molar-refractivity contribution is 5.48. The Morgan fingerprint density at radius 2 is 2.25 bits per heavy atom. The number of hydrogen-bond donors (Lipinski definition) is 2. The van der Waals surface area contributed by atoms with Crippen molar-refractivity contribution < 1.29 is 4.74 Å². The van der Waals surface area contributed by atoms with Crippen LogP contribution in [0.1, 0.15) is 44.7 Å². The van der Waals surface area contributed by atoms with E-state index in [9.17, 15) is 0 Å². The van der Waals surface area contributed by atoms with Gasteiger partial charge in [0.15, 0.2) is 11.6 Å². The van der Waals surface area contributed by atoms with E-state index in [-0.39, 0.29) is 12.1 Å². The zero-order valence-electron chi connectivity index (χ0n) is 12.0. The fourth-order valence-electron chi connectivity index (χ4n) is 2.49. The molecule has 5 heteroatoms. The first-order chi connectivity index (χ1) is 9.63. The first-order valence-electron chi connectivity index (χ1n) is 7.28. The Labute approximate surface area is 119 Å². The molecule has 0 saturated heterocycles. The summed E-state index contributed by atoms with van der Waals surface area (Å²) in [6.45, 7) is 3.97. The Bertz CT molecular complexity index is 511. The molecule has 5 nitrogen and oxygen atoms in total. The standard InChI is InChI=1S/C15H22N4O/c1-10(2)20-14-8-11(9-17-15(14)16)13-6-7-19(18-13)12-4-3-5-12/h6-10,12-13,18H,3-5H2,1-2H3,(H2,16,17). The summed E-state index contributed by atoms with van der Waals surface area (Å²) in [6, 6.07) is 2.77. The number of nitrogens with zero attached hydrogens (tertiary/aromatic N) is 2. The molecule has 1 atom stereocenters. The lowest BCUT2D eigenvalue weighted by Gasteiger charge is -2.35. The van der Waals surface area contributed by atoms with Crippen LogP contribution >= 0.6 is 0 Å². The fraction of sp³-hybridized carbons (Fsp3) is 0.533. The summed E-state index contributed by atoms with van der Waals surface area (Å²) in [7, 11) is 0. The van der Waals surface area contributed by atoms with Crippen molar-refractivity contribution >= 4 is 5.82 Å². The van der Waals surface area contributed by atoms with E-state index in [0.717, 1.165) is 5.56 Å². The van der Waals surface area contributed by atoms with Crippen molar-refractivity contribution in [2.24, 2.45) is 0 Å². The van der Waals surface area contributed by atoms with Crippen molar-refractivity contribution in [3.05, 3.63) is 30.1 Å². The van der Waals surface area contributed by atoms with E-state index in [1.807, 2.05) is 26.1 Å². The first kappa shape index (κ1) is 13.2. The van der Waals surface area contributed by atoms with Crippen LogP contribution in [-0.2, 0) is 0 Å². The Morgan fingerprint density at radius 3 is 2.90 bits per heavy atom. The van der Waals surface area contributed by atoms with Gasteiger partial charge in [0.25, 0.3) is 0 Å². The first-order valence-corrected chi connectivity index (χ1v) is 7.28. The molecule has 3 rings (SSSR count). The summed E-state index contributed by atoms with van der Waals surface area (Å²) in [5, 5.41) is 2.22. The van der Waals surface area contributed by atoms with Gasteiger partial charge in [-0.3, -0.25) is 0 Å². The quantitative estimate of drug-likeness (QED) is 0.882. The van der Waals surface area contributed by atoms with Gasteiger partial charge in [0.2, 0.25) is 0 Å². The molecule has 0 bridgehead atoms. The molecule has 1 aliphatic heterocycles. The lowest BCUT2D eigenvalue weighted by atomic mass is 9.93. The summed E-state index contributed by atoms with van der Waals surface area (Å²) in [5.41, 5.74) is 10.4. The van der Waals surface area contributed by atoms with Crippen LogP contribution in [0.2, 0.25) is 0 Å².